The lowest BCUT2D eigenvalue weighted by Crippen LogP contribution is -2.53. The van der Waals surface area contributed by atoms with Crippen LogP contribution >= 0.6 is 11.6 Å². The van der Waals surface area contributed by atoms with E-state index in [1.54, 1.807) is 12.1 Å². The summed E-state index contributed by atoms with van der Waals surface area (Å²) in [5, 5.41) is 3.26. The Morgan fingerprint density at radius 3 is 2.34 bits per heavy atom. The van der Waals surface area contributed by atoms with Crippen LogP contribution < -0.4 is 14.4 Å². The SMILES string of the molecule is CCCCNC(=O)C(Cc1ccccc1)N(Cc1cccc(C)c1)C(=O)CN(c1cc(Cl)ccc1OC)S(C)(=O)=O. The third-order valence-electron chi connectivity index (χ3n) is 6.62. The van der Waals surface area contributed by atoms with Crippen LogP contribution in [0.15, 0.2) is 72.8 Å². The number of hydrogen-bond donors (Lipinski definition) is 1. The number of ether oxygens (including phenoxy) is 1. The minimum Gasteiger partial charge on any atom is -0.495 e. The molecular weight excluding hydrogens is 562 g/mol. The molecule has 41 heavy (non-hydrogen) atoms. The number of methoxy groups -OCH3 is 1. The molecule has 0 fully saturated rings. The zero-order valence-corrected chi connectivity index (χ0v) is 25.5. The average molecular weight is 600 g/mol. The Labute approximate surface area is 248 Å². The van der Waals surface area contributed by atoms with E-state index >= 15 is 0 Å². The second kappa shape index (κ2) is 14.9. The van der Waals surface area contributed by atoms with E-state index in [1.165, 1.54) is 18.1 Å². The number of unbranched alkanes of at least 4 members (excludes halogenated alkanes) is 1. The summed E-state index contributed by atoms with van der Waals surface area (Å²) in [4.78, 5) is 29.3. The summed E-state index contributed by atoms with van der Waals surface area (Å²) in [6.45, 7) is 4.02. The molecule has 1 unspecified atom stereocenters. The molecule has 220 valence electrons. The molecule has 10 heteroatoms. The van der Waals surface area contributed by atoms with Crippen LogP contribution in [0.25, 0.3) is 0 Å². The zero-order chi connectivity index (χ0) is 30.0. The van der Waals surface area contributed by atoms with Crippen LogP contribution in [0.2, 0.25) is 5.02 Å². The molecule has 0 aliphatic rings. The fraction of sp³-hybridized carbons (Fsp3) is 0.355. The fourth-order valence-corrected chi connectivity index (χ4v) is 5.53. The summed E-state index contributed by atoms with van der Waals surface area (Å²) in [6.07, 6.45) is 2.98. The third kappa shape index (κ3) is 9.23. The molecule has 0 bridgehead atoms. The lowest BCUT2D eigenvalue weighted by atomic mass is 10.0. The number of rotatable bonds is 14. The average Bonchev–Trinajstić information content (AvgIpc) is 2.93. The Balaban J connectivity index is 2.08. The van der Waals surface area contributed by atoms with Gasteiger partial charge in [0.2, 0.25) is 21.8 Å². The van der Waals surface area contributed by atoms with Crippen molar-refractivity contribution < 1.29 is 22.7 Å². The van der Waals surface area contributed by atoms with E-state index in [0.717, 1.165) is 40.1 Å². The molecule has 0 aliphatic heterocycles. The predicted molar refractivity (Wildman–Crippen MR) is 164 cm³/mol. The molecular formula is C31H38ClN3O5S. The Morgan fingerprint density at radius 1 is 1.00 bits per heavy atom. The lowest BCUT2D eigenvalue weighted by Gasteiger charge is -2.34. The van der Waals surface area contributed by atoms with Gasteiger partial charge in [-0.3, -0.25) is 13.9 Å². The number of halogens is 1. The van der Waals surface area contributed by atoms with E-state index in [9.17, 15) is 18.0 Å². The normalized spacial score (nSPS) is 11.9. The molecule has 0 saturated carbocycles. The molecule has 8 nitrogen and oxygen atoms in total. The van der Waals surface area contributed by atoms with Gasteiger partial charge in [-0.05, 0) is 42.7 Å². The van der Waals surface area contributed by atoms with Crippen LogP contribution in [-0.4, -0.2) is 57.6 Å². The van der Waals surface area contributed by atoms with E-state index in [2.05, 4.69) is 5.32 Å². The van der Waals surface area contributed by atoms with Gasteiger partial charge in [0.05, 0.1) is 19.1 Å². The summed E-state index contributed by atoms with van der Waals surface area (Å²) in [6, 6.07) is 20.8. The number of amides is 2. The number of benzene rings is 3. The van der Waals surface area contributed by atoms with Crippen molar-refractivity contribution in [2.75, 3.05) is 30.8 Å². The molecule has 0 heterocycles. The topological polar surface area (TPSA) is 96.0 Å². The van der Waals surface area contributed by atoms with Gasteiger partial charge in [-0.1, -0.05) is 85.1 Å². The smallest absolute Gasteiger partial charge is 0.244 e. The van der Waals surface area contributed by atoms with Gasteiger partial charge in [0.15, 0.2) is 0 Å². The van der Waals surface area contributed by atoms with Crippen molar-refractivity contribution in [3.63, 3.8) is 0 Å². The Morgan fingerprint density at radius 2 is 1.71 bits per heavy atom. The highest BCUT2D eigenvalue weighted by Gasteiger charge is 2.33. The quantitative estimate of drug-likeness (QED) is 0.264. The molecule has 3 aromatic carbocycles. The molecule has 0 spiro atoms. The van der Waals surface area contributed by atoms with E-state index in [-0.39, 0.29) is 35.3 Å². The maximum Gasteiger partial charge on any atom is 0.244 e. The van der Waals surface area contributed by atoms with Gasteiger partial charge in [-0.15, -0.1) is 0 Å². The Bertz CT molecular complexity index is 1430. The van der Waals surface area contributed by atoms with Gasteiger partial charge in [-0.25, -0.2) is 8.42 Å². The number of nitrogens with one attached hydrogen (secondary N) is 1. The molecule has 1 N–H and O–H groups in total. The van der Waals surface area contributed by atoms with Crippen molar-refractivity contribution >= 4 is 39.1 Å². The number of carbonyl (C=O) groups excluding carboxylic acids is 2. The van der Waals surface area contributed by atoms with E-state index in [0.29, 0.717) is 6.54 Å². The Kier molecular flexibility index (Phi) is 11.6. The molecule has 0 saturated heterocycles. The number of anilines is 1. The maximum atomic E-state index is 14.2. The van der Waals surface area contributed by atoms with Gasteiger partial charge < -0.3 is 15.0 Å². The fourth-order valence-electron chi connectivity index (χ4n) is 4.52. The molecule has 0 radical (unpaired) electrons. The van der Waals surface area contributed by atoms with Crippen molar-refractivity contribution in [2.24, 2.45) is 0 Å². The highest BCUT2D eigenvalue weighted by atomic mass is 35.5. The van der Waals surface area contributed by atoms with Crippen LogP contribution in [0.3, 0.4) is 0 Å². The van der Waals surface area contributed by atoms with E-state index in [1.807, 2.05) is 68.4 Å². The Hall–Kier alpha value is -3.56. The van der Waals surface area contributed by atoms with Gasteiger partial charge in [0.1, 0.15) is 18.3 Å². The first-order valence-corrected chi connectivity index (χ1v) is 15.7. The second-order valence-corrected chi connectivity index (χ2v) is 12.3. The second-order valence-electron chi connectivity index (χ2n) is 9.95. The van der Waals surface area contributed by atoms with Crippen LogP contribution in [-0.2, 0) is 32.6 Å². The summed E-state index contributed by atoms with van der Waals surface area (Å²) >= 11 is 6.21. The first-order valence-electron chi connectivity index (χ1n) is 13.5. The van der Waals surface area contributed by atoms with Crippen molar-refractivity contribution in [1.82, 2.24) is 10.2 Å². The van der Waals surface area contributed by atoms with Gasteiger partial charge in [-0.2, -0.15) is 0 Å². The van der Waals surface area contributed by atoms with Gasteiger partial charge in [0, 0.05) is 24.5 Å². The summed E-state index contributed by atoms with van der Waals surface area (Å²) in [5.74, 6) is -0.587. The number of aryl methyl sites for hydroxylation is 1. The standard InChI is InChI=1S/C31H38ClN3O5S/c1-5-6-17-33-31(37)28(19-24-12-8-7-9-13-24)34(21-25-14-10-11-23(2)18-25)30(36)22-35(41(4,38)39)27-20-26(32)15-16-29(27)40-3/h7-16,18,20,28H,5-6,17,19,21-22H2,1-4H3,(H,33,37). The van der Waals surface area contributed by atoms with Crippen LogP contribution in [0, 0.1) is 6.92 Å². The third-order valence-corrected chi connectivity index (χ3v) is 7.99. The zero-order valence-electron chi connectivity index (χ0n) is 24.0. The molecule has 3 rings (SSSR count). The van der Waals surface area contributed by atoms with Crippen molar-refractivity contribution in [3.05, 3.63) is 94.5 Å². The lowest BCUT2D eigenvalue weighted by molar-refractivity contribution is -0.140. The number of sulfonamides is 1. The number of nitrogens with zero attached hydrogens (tertiary/aromatic N) is 2. The minimum atomic E-state index is -3.95. The highest BCUT2D eigenvalue weighted by Crippen LogP contribution is 2.33. The van der Waals surface area contributed by atoms with E-state index < -0.39 is 28.5 Å². The molecule has 0 aromatic heterocycles. The monoisotopic (exact) mass is 599 g/mol. The molecule has 1 atom stereocenters. The molecule has 3 aromatic rings. The van der Waals surface area contributed by atoms with E-state index in [4.69, 9.17) is 16.3 Å². The van der Waals surface area contributed by atoms with Crippen molar-refractivity contribution in [1.29, 1.82) is 0 Å². The first kappa shape index (κ1) is 32.0. The highest BCUT2D eigenvalue weighted by molar-refractivity contribution is 7.92. The first-order chi connectivity index (χ1) is 19.5. The summed E-state index contributed by atoms with van der Waals surface area (Å²) in [5.41, 5.74) is 2.84. The summed E-state index contributed by atoms with van der Waals surface area (Å²) < 4.78 is 32.4. The van der Waals surface area contributed by atoms with Crippen LogP contribution in [0.4, 0.5) is 5.69 Å². The molecule has 2 amide bonds. The van der Waals surface area contributed by atoms with Crippen LogP contribution in [0.5, 0.6) is 5.75 Å². The van der Waals surface area contributed by atoms with Crippen LogP contribution in [0.1, 0.15) is 36.5 Å². The van der Waals surface area contributed by atoms with Gasteiger partial charge in [0.25, 0.3) is 0 Å². The largest absolute Gasteiger partial charge is 0.495 e. The predicted octanol–water partition coefficient (Wildman–Crippen LogP) is 4.98. The van der Waals surface area contributed by atoms with Crippen molar-refractivity contribution in [3.8, 4) is 5.75 Å². The number of hydrogen-bond acceptors (Lipinski definition) is 5. The minimum absolute atomic E-state index is 0.115. The van der Waals surface area contributed by atoms with Gasteiger partial charge >= 0.3 is 0 Å². The summed E-state index contributed by atoms with van der Waals surface area (Å²) in [7, 11) is -2.54. The maximum absolute atomic E-state index is 14.2. The molecule has 0 aliphatic carbocycles. The number of carbonyl (C=O) groups is 2. The van der Waals surface area contributed by atoms with Crippen molar-refractivity contribution in [2.45, 2.75) is 45.7 Å².